The van der Waals surface area contributed by atoms with Gasteiger partial charge in [-0.15, -0.1) is 11.8 Å². The van der Waals surface area contributed by atoms with Crippen LogP contribution in [0.3, 0.4) is 0 Å². The topological polar surface area (TPSA) is 76.8 Å². The second kappa shape index (κ2) is 8.90. The molecule has 6 nitrogen and oxygen atoms in total. The predicted octanol–water partition coefficient (Wildman–Crippen LogP) is 3.86. The smallest absolute Gasteiger partial charge is 0.227 e. The second-order valence-corrected chi connectivity index (χ2v) is 10.5. The molecule has 162 valence electrons. The number of benzene rings is 2. The van der Waals surface area contributed by atoms with Crippen LogP contribution in [0.5, 0.6) is 5.75 Å². The fourth-order valence-corrected chi connectivity index (χ4v) is 4.62. The molecular weight excluding hydrogens is 434 g/mol. The van der Waals surface area contributed by atoms with E-state index in [0.29, 0.717) is 12.3 Å². The molecule has 0 aliphatic carbocycles. The van der Waals surface area contributed by atoms with Crippen molar-refractivity contribution < 1.29 is 17.6 Å². The summed E-state index contributed by atoms with van der Waals surface area (Å²) in [7, 11) is -3.24. The van der Waals surface area contributed by atoms with Crippen molar-refractivity contribution in [2.75, 3.05) is 12.5 Å². The van der Waals surface area contributed by atoms with Gasteiger partial charge in [-0.2, -0.15) is 0 Å². The van der Waals surface area contributed by atoms with E-state index in [2.05, 4.69) is 29.4 Å². The minimum atomic E-state index is -3.24. The number of ether oxygens (including phenoxy) is 1. The van der Waals surface area contributed by atoms with Gasteiger partial charge in [0.15, 0.2) is 9.84 Å². The molecular formula is C23H23NO5S2. The Morgan fingerprint density at radius 3 is 2.48 bits per heavy atom. The van der Waals surface area contributed by atoms with Gasteiger partial charge in [0.05, 0.1) is 11.4 Å². The lowest BCUT2D eigenvalue weighted by Crippen LogP contribution is -2.17. The molecule has 1 aromatic heterocycles. The Kier molecular flexibility index (Phi) is 6.22. The first-order valence-corrected chi connectivity index (χ1v) is 12.8. The van der Waals surface area contributed by atoms with Crippen molar-refractivity contribution >= 4 is 21.6 Å². The Morgan fingerprint density at radius 2 is 1.81 bits per heavy atom. The van der Waals surface area contributed by atoms with Crippen molar-refractivity contribution in [1.82, 2.24) is 4.90 Å². The van der Waals surface area contributed by atoms with Gasteiger partial charge in [-0.05, 0) is 47.2 Å². The quantitative estimate of drug-likeness (QED) is 0.499. The normalized spacial score (nSPS) is 13.9. The third-order valence-corrected chi connectivity index (χ3v) is 7.03. The minimum absolute atomic E-state index is 0.130. The molecule has 1 aliphatic rings. The van der Waals surface area contributed by atoms with Gasteiger partial charge in [-0.3, -0.25) is 9.69 Å². The highest BCUT2D eigenvalue weighted by Gasteiger charge is 2.20. The molecule has 0 atom stereocenters. The number of sulfone groups is 1. The average molecular weight is 458 g/mol. The van der Waals surface area contributed by atoms with Gasteiger partial charge in [0.1, 0.15) is 18.6 Å². The van der Waals surface area contributed by atoms with Gasteiger partial charge >= 0.3 is 0 Å². The van der Waals surface area contributed by atoms with Crippen LogP contribution in [0.1, 0.15) is 22.5 Å². The van der Waals surface area contributed by atoms with Crippen LogP contribution in [0.25, 0.3) is 0 Å². The van der Waals surface area contributed by atoms with E-state index >= 15 is 0 Å². The molecule has 0 unspecified atom stereocenters. The van der Waals surface area contributed by atoms with Gasteiger partial charge in [0.2, 0.25) is 11.2 Å². The van der Waals surface area contributed by atoms with Gasteiger partial charge in [-0.1, -0.05) is 18.2 Å². The van der Waals surface area contributed by atoms with E-state index in [-0.39, 0.29) is 22.7 Å². The lowest BCUT2D eigenvalue weighted by atomic mass is 10.1. The highest BCUT2D eigenvalue weighted by molar-refractivity contribution is 7.98. The van der Waals surface area contributed by atoms with E-state index in [1.165, 1.54) is 40.5 Å². The van der Waals surface area contributed by atoms with Crippen LogP contribution >= 0.6 is 11.8 Å². The Labute approximate surface area is 185 Å². The summed E-state index contributed by atoms with van der Waals surface area (Å²) in [6, 6.07) is 14.4. The summed E-state index contributed by atoms with van der Waals surface area (Å²) in [5.41, 5.74) is 3.14. The lowest BCUT2D eigenvalue weighted by Gasteiger charge is -2.14. The fraction of sp³-hybridized carbons (Fsp3) is 0.261. The molecule has 0 saturated heterocycles. The van der Waals surface area contributed by atoms with E-state index in [1.807, 2.05) is 0 Å². The molecule has 8 heteroatoms. The standard InChI is InChI=1S/C23H23NO5S2/c1-30-20-6-5-17-11-24(12-18(17)9-20)13-19-10-22(25)23(15-28-19)29-14-16-3-7-21(8-4-16)31(2,26)27/h3-10,15H,11-14H2,1-2H3. The maximum absolute atomic E-state index is 12.4. The molecule has 0 saturated carbocycles. The molecule has 0 radical (unpaired) electrons. The molecule has 4 rings (SSSR count). The number of hydrogen-bond acceptors (Lipinski definition) is 7. The van der Waals surface area contributed by atoms with Crippen LogP contribution in [0.2, 0.25) is 0 Å². The van der Waals surface area contributed by atoms with Gasteiger partial charge in [0, 0.05) is 30.3 Å². The zero-order chi connectivity index (χ0) is 22.0. The summed E-state index contributed by atoms with van der Waals surface area (Å²) in [6.45, 7) is 2.35. The van der Waals surface area contributed by atoms with E-state index in [4.69, 9.17) is 9.15 Å². The summed E-state index contributed by atoms with van der Waals surface area (Å²) in [5.74, 6) is 0.720. The maximum Gasteiger partial charge on any atom is 0.227 e. The fourth-order valence-electron chi connectivity index (χ4n) is 3.52. The molecule has 31 heavy (non-hydrogen) atoms. The molecule has 0 N–H and O–H groups in total. The zero-order valence-corrected chi connectivity index (χ0v) is 19.0. The number of hydrogen-bond donors (Lipinski definition) is 0. The largest absolute Gasteiger partial charge is 0.482 e. The van der Waals surface area contributed by atoms with Crippen LogP contribution in [0.15, 0.2) is 73.8 Å². The van der Waals surface area contributed by atoms with Gasteiger partial charge in [-0.25, -0.2) is 8.42 Å². The van der Waals surface area contributed by atoms with Crippen molar-refractivity contribution in [1.29, 1.82) is 0 Å². The van der Waals surface area contributed by atoms with Crippen LogP contribution in [0, 0.1) is 0 Å². The van der Waals surface area contributed by atoms with Crippen molar-refractivity contribution in [3.63, 3.8) is 0 Å². The SMILES string of the molecule is CSc1ccc2c(c1)CN(Cc1cc(=O)c(OCc3ccc(S(C)(=O)=O)cc3)co1)C2. The number of thioether (sulfide) groups is 1. The van der Waals surface area contributed by atoms with E-state index in [1.54, 1.807) is 23.9 Å². The first kappa shape index (κ1) is 21.7. The summed E-state index contributed by atoms with van der Waals surface area (Å²) < 4.78 is 34.3. The predicted molar refractivity (Wildman–Crippen MR) is 120 cm³/mol. The lowest BCUT2D eigenvalue weighted by molar-refractivity contribution is 0.241. The monoisotopic (exact) mass is 457 g/mol. The third-order valence-electron chi connectivity index (χ3n) is 5.18. The second-order valence-electron chi connectivity index (χ2n) is 7.56. The van der Waals surface area contributed by atoms with Crippen LogP contribution in [0.4, 0.5) is 0 Å². The molecule has 2 aromatic carbocycles. The molecule has 0 bridgehead atoms. The summed E-state index contributed by atoms with van der Waals surface area (Å²) in [5, 5.41) is 0. The third kappa shape index (κ3) is 5.20. The number of rotatable bonds is 7. The summed E-state index contributed by atoms with van der Waals surface area (Å²) in [4.78, 5) is 16.2. The number of fused-ring (bicyclic) bond motifs is 1. The molecule has 2 heterocycles. The van der Waals surface area contributed by atoms with Gasteiger partial charge in [0.25, 0.3) is 0 Å². The van der Waals surface area contributed by atoms with Crippen molar-refractivity contribution in [2.45, 2.75) is 36.0 Å². The van der Waals surface area contributed by atoms with Crippen LogP contribution < -0.4 is 10.2 Å². The molecule has 0 spiro atoms. The number of nitrogens with zero attached hydrogens (tertiary/aromatic N) is 1. The molecule has 0 amide bonds. The minimum Gasteiger partial charge on any atom is -0.482 e. The van der Waals surface area contributed by atoms with E-state index < -0.39 is 9.84 Å². The van der Waals surface area contributed by atoms with Crippen molar-refractivity contribution in [2.24, 2.45) is 0 Å². The van der Waals surface area contributed by atoms with Crippen LogP contribution in [-0.2, 0) is 36.1 Å². The first-order valence-electron chi connectivity index (χ1n) is 9.73. The Morgan fingerprint density at radius 1 is 1.06 bits per heavy atom. The molecule has 3 aromatic rings. The summed E-state index contributed by atoms with van der Waals surface area (Å²) >= 11 is 1.73. The Hall–Kier alpha value is -2.55. The molecule has 1 aliphatic heterocycles. The van der Waals surface area contributed by atoms with Crippen molar-refractivity contribution in [3.05, 3.63) is 87.5 Å². The van der Waals surface area contributed by atoms with Crippen molar-refractivity contribution in [3.8, 4) is 5.75 Å². The summed E-state index contributed by atoms with van der Waals surface area (Å²) in [6.07, 6.45) is 4.57. The average Bonchev–Trinajstić information content (AvgIpc) is 3.14. The highest BCUT2D eigenvalue weighted by atomic mass is 32.2. The van der Waals surface area contributed by atoms with Crippen LogP contribution in [-0.4, -0.2) is 25.8 Å². The van der Waals surface area contributed by atoms with E-state index in [9.17, 15) is 13.2 Å². The highest BCUT2D eigenvalue weighted by Crippen LogP contribution is 2.28. The Bertz CT molecular complexity index is 1250. The Balaban J connectivity index is 1.37. The first-order chi connectivity index (χ1) is 14.8. The molecule has 0 fully saturated rings. The van der Waals surface area contributed by atoms with Gasteiger partial charge < -0.3 is 9.15 Å². The maximum atomic E-state index is 12.4. The zero-order valence-electron chi connectivity index (χ0n) is 17.3. The van der Waals surface area contributed by atoms with E-state index in [0.717, 1.165) is 24.9 Å².